The summed E-state index contributed by atoms with van der Waals surface area (Å²) < 4.78 is 2.17. The summed E-state index contributed by atoms with van der Waals surface area (Å²) in [4.78, 5) is 0. The number of hydrogen-bond donors (Lipinski definition) is 0. The first-order valence-electron chi connectivity index (χ1n) is 16.8. The molecule has 0 heterocycles. The summed E-state index contributed by atoms with van der Waals surface area (Å²) in [5, 5.41) is 5.58. The van der Waals surface area contributed by atoms with Gasteiger partial charge in [-0.05, 0) is 33.1 Å². The fourth-order valence-electron chi connectivity index (χ4n) is 7.19. The minimum atomic E-state index is 0. The summed E-state index contributed by atoms with van der Waals surface area (Å²) in [5.41, 5.74) is 11.9. The van der Waals surface area contributed by atoms with E-state index in [-0.39, 0.29) is 46.5 Å². The zero-order valence-corrected chi connectivity index (χ0v) is 35.0. The third-order valence-corrected chi connectivity index (χ3v) is 10.4. The van der Waals surface area contributed by atoms with E-state index in [9.17, 15) is 0 Å². The molecule has 0 nitrogen and oxygen atoms in total. The van der Waals surface area contributed by atoms with Crippen LogP contribution in [-0.2, 0) is 35.1 Å². The quantitative estimate of drug-likeness (QED) is 0.195. The molecule has 0 saturated heterocycles. The van der Waals surface area contributed by atoms with Crippen LogP contribution in [0, 0.1) is 22.8 Å². The van der Waals surface area contributed by atoms with Crippen LogP contribution in [0.1, 0.15) is 111 Å². The van der Waals surface area contributed by atoms with Crippen molar-refractivity contribution in [3.05, 3.63) is 124 Å². The fraction of sp³-hybridized carbons (Fsp3) is 0.378. The molecule has 0 fully saturated rings. The average Bonchev–Trinajstić information content (AvgIpc) is 3.68. The Balaban J connectivity index is 0.000000304. The van der Waals surface area contributed by atoms with Gasteiger partial charge >= 0.3 is 63.8 Å². The van der Waals surface area contributed by atoms with Crippen LogP contribution in [0.2, 0.25) is 0 Å². The molecule has 3 aliphatic carbocycles. The van der Waals surface area contributed by atoms with Gasteiger partial charge in [-0.3, -0.25) is 6.08 Å². The summed E-state index contributed by atoms with van der Waals surface area (Å²) in [6.07, 6.45) is 12.4. The van der Waals surface area contributed by atoms with Gasteiger partial charge in [0.05, 0.1) is 0 Å². The first-order chi connectivity index (χ1) is 21.3. The van der Waals surface area contributed by atoms with Crippen molar-refractivity contribution < 1.29 is 49.0 Å². The van der Waals surface area contributed by atoms with E-state index in [1.54, 1.807) is 0 Å². The second-order valence-corrected chi connectivity index (χ2v) is 17.4. The molecule has 0 spiro atoms. The standard InChI is InChI=1S/C31H37.C7H9.C7H6.2ClH.Zr/c1-28(2,3)26-16-30(7,8)24-12-18-11-19-13-25-23(15-21(19)20(18)14-22(24)26)27(29(4,5)6)17-31(25,9)10;1-6-3-4-7(2)5-6;1-7-5-3-2-4-6-7;;;/h11-17H,1-10H3;3,5,7H,1-2H3;1-6H;2*1H;/q2*-1;;;;+2/p-2. The maximum absolute atomic E-state index is 3.15. The van der Waals surface area contributed by atoms with Crippen LogP contribution in [0.4, 0.5) is 0 Å². The molecule has 0 bridgehead atoms. The molecule has 4 aromatic carbocycles. The van der Waals surface area contributed by atoms with E-state index in [1.807, 2.05) is 12.1 Å². The molecule has 1 atom stereocenters. The number of hydrogen-bond acceptors (Lipinski definition) is 0. The van der Waals surface area contributed by atoms with Crippen LogP contribution < -0.4 is 24.8 Å². The number of benzene rings is 3. The molecule has 0 saturated carbocycles. The summed E-state index contributed by atoms with van der Waals surface area (Å²) >= 11 is 1.46. The van der Waals surface area contributed by atoms with Crippen molar-refractivity contribution in [2.75, 3.05) is 0 Å². The molecule has 0 aromatic heterocycles. The van der Waals surface area contributed by atoms with Gasteiger partial charge in [0.2, 0.25) is 0 Å². The monoisotopic (exact) mass is 752 g/mol. The second kappa shape index (κ2) is 14.6. The van der Waals surface area contributed by atoms with E-state index in [2.05, 4.69) is 166 Å². The molecule has 3 aliphatic rings. The molecule has 0 aliphatic heterocycles. The summed E-state index contributed by atoms with van der Waals surface area (Å²) in [6, 6.07) is 22.7. The summed E-state index contributed by atoms with van der Waals surface area (Å²) in [6.45, 7) is 27.7. The van der Waals surface area contributed by atoms with Crippen molar-refractivity contribution in [3.63, 3.8) is 0 Å². The molecule has 48 heavy (non-hydrogen) atoms. The Hall–Kier alpha value is -2.18. The van der Waals surface area contributed by atoms with Crippen molar-refractivity contribution >= 4 is 36.4 Å². The first kappa shape index (κ1) is 40.3. The molecule has 3 heteroatoms. The zero-order valence-electron chi connectivity index (χ0n) is 31.0. The van der Waals surface area contributed by atoms with E-state index in [1.165, 1.54) is 90.3 Å². The summed E-state index contributed by atoms with van der Waals surface area (Å²) in [5.74, 6) is 0.556. The van der Waals surface area contributed by atoms with Gasteiger partial charge in [0.25, 0.3) is 0 Å². The van der Waals surface area contributed by atoms with Gasteiger partial charge in [0, 0.05) is 10.8 Å². The maximum atomic E-state index is 3.15. The molecule has 0 amide bonds. The topological polar surface area (TPSA) is 0 Å². The molecule has 1 unspecified atom stereocenters. The minimum absolute atomic E-state index is 0. The van der Waals surface area contributed by atoms with E-state index in [4.69, 9.17) is 0 Å². The predicted molar refractivity (Wildman–Crippen MR) is 200 cm³/mol. The fourth-order valence-corrected chi connectivity index (χ4v) is 7.67. The van der Waals surface area contributed by atoms with Crippen LogP contribution >= 0.6 is 0 Å². The van der Waals surface area contributed by atoms with E-state index in [0.717, 1.165) is 0 Å². The van der Waals surface area contributed by atoms with Crippen molar-refractivity contribution in [2.45, 2.75) is 93.9 Å². The number of allylic oxidation sites excluding steroid dienone is 8. The molecule has 0 N–H and O–H groups in total. The zero-order chi connectivity index (χ0) is 33.8. The number of rotatable bonds is 1. The van der Waals surface area contributed by atoms with Crippen LogP contribution in [0.5, 0.6) is 0 Å². The van der Waals surface area contributed by atoms with E-state index in [0.29, 0.717) is 5.92 Å². The van der Waals surface area contributed by atoms with E-state index < -0.39 is 0 Å². The Morgan fingerprint density at radius 3 is 1.46 bits per heavy atom. The van der Waals surface area contributed by atoms with Gasteiger partial charge in [-0.1, -0.05) is 117 Å². The molecule has 7 rings (SSSR count). The van der Waals surface area contributed by atoms with Gasteiger partial charge in [-0.15, -0.1) is 46.7 Å². The summed E-state index contributed by atoms with van der Waals surface area (Å²) in [7, 11) is 0. The van der Waals surface area contributed by atoms with Crippen LogP contribution in [0.25, 0.3) is 32.7 Å². The second-order valence-electron chi connectivity index (χ2n) is 16.7. The molecule has 252 valence electrons. The first-order valence-corrected chi connectivity index (χ1v) is 18.3. The normalized spacial score (nSPS) is 18.2. The predicted octanol–water partition coefficient (Wildman–Crippen LogP) is 6.49. The Labute approximate surface area is 318 Å². The Morgan fingerprint density at radius 2 is 1.17 bits per heavy atom. The molecule has 0 radical (unpaired) electrons. The Morgan fingerprint density at radius 1 is 0.729 bits per heavy atom. The van der Waals surface area contributed by atoms with Gasteiger partial charge < -0.3 is 24.8 Å². The van der Waals surface area contributed by atoms with Gasteiger partial charge in [-0.2, -0.15) is 6.08 Å². The van der Waals surface area contributed by atoms with Crippen LogP contribution in [-0.4, -0.2) is 3.71 Å². The molecular formula is C45H52Cl2Zr-2. The van der Waals surface area contributed by atoms with Gasteiger partial charge in [0.1, 0.15) is 0 Å². The SMILES string of the molecule is CC(C)(C)C1=CC(C)(C)c2cc3[cH-]c4cc5c(cc4c3cc21)C(C(C)(C)C)=CC5(C)C.CC1=CC(C)[C-]=C1.[Cl-].[Cl-].[Zr+2]=[CH]c1ccccc1. The molecular weight excluding hydrogens is 703 g/mol. The Bertz CT molecular complexity index is 1820. The molecule has 4 aromatic rings. The van der Waals surface area contributed by atoms with Crippen molar-refractivity contribution in [1.29, 1.82) is 0 Å². The van der Waals surface area contributed by atoms with Crippen LogP contribution in [0.15, 0.2) is 90.5 Å². The van der Waals surface area contributed by atoms with E-state index >= 15 is 0 Å². The van der Waals surface area contributed by atoms with Gasteiger partial charge in [0.15, 0.2) is 0 Å². The average molecular weight is 755 g/mol. The van der Waals surface area contributed by atoms with Gasteiger partial charge in [-0.25, -0.2) is 11.6 Å². The third-order valence-electron chi connectivity index (χ3n) is 9.63. The van der Waals surface area contributed by atoms with Crippen molar-refractivity contribution in [2.24, 2.45) is 16.7 Å². The third kappa shape index (κ3) is 8.23. The van der Waals surface area contributed by atoms with Crippen LogP contribution in [0.3, 0.4) is 0 Å². The Kier molecular flexibility index (Phi) is 12.2. The number of halogens is 2. The number of fused-ring (bicyclic) bond motifs is 5. The van der Waals surface area contributed by atoms with Crippen molar-refractivity contribution in [1.82, 2.24) is 0 Å². The van der Waals surface area contributed by atoms with Crippen molar-refractivity contribution in [3.8, 4) is 0 Å².